The number of hydrogen-bond acceptors (Lipinski definition) is 4. The van der Waals surface area contributed by atoms with Crippen molar-refractivity contribution in [2.24, 2.45) is 0 Å². The van der Waals surface area contributed by atoms with Crippen LogP contribution in [0.25, 0.3) is 0 Å². The molecular weight excluding hydrogens is 370 g/mol. The maximum absolute atomic E-state index is 12.6. The van der Waals surface area contributed by atoms with E-state index in [1.54, 1.807) is 0 Å². The quantitative estimate of drug-likeness (QED) is 0.284. The minimum atomic E-state index is -1.99. The second kappa shape index (κ2) is 8.95. The lowest BCUT2D eigenvalue weighted by molar-refractivity contribution is -0.142. The maximum atomic E-state index is 12.6. The molecule has 0 aromatic heterocycles. The van der Waals surface area contributed by atoms with E-state index in [0.717, 1.165) is 29.7 Å². The molecule has 0 radical (unpaired) electrons. The monoisotopic (exact) mass is 401 g/mol. The number of unbranched alkanes of at least 4 members (excludes halogenated alkanes) is 6. The van der Waals surface area contributed by atoms with Gasteiger partial charge < -0.3 is 15.7 Å². The van der Waals surface area contributed by atoms with E-state index in [0.29, 0.717) is 6.42 Å². The average molecular weight is 402 g/mol. The predicted octanol–water partition coefficient (Wildman–Crippen LogP) is 2.19. The van der Waals surface area contributed by atoms with Crippen molar-refractivity contribution in [3.63, 3.8) is 0 Å². The number of fused-ring (bicyclic) bond motifs is 1. The van der Waals surface area contributed by atoms with Crippen LogP contribution >= 0.6 is 0 Å². The van der Waals surface area contributed by atoms with Crippen LogP contribution in [0, 0.1) is 0 Å². The van der Waals surface area contributed by atoms with Gasteiger partial charge in [-0.15, -0.1) is 0 Å². The van der Waals surface area contributed by atoms with Gasteiger partial charge in [-0.1, -0.05) is 75.8 Å². The fraction of sp³-hybridized carbons (Fsp3) is 0.591. The van der Waals surface area contributed by atoms with Crippen molar-refractivity contribution in [3.05, 3.63) is 35.9 Å². The highest BCUT2D eigenvalue weighted by atomic mass is 16.4. The molecule has 2 fully saturated rings. The summed E-state index contributed by atoms with van der Waals surface area (Å²) in [7, 11) is 0. The first-order valence-electron chi connectivity index (χ1n) is 10.6. The summed E-state index contributed by atoms with van der Waals surface area (Å²) >= 11 is 0. The van der Waals surface area contributed by atoms with Crippen molar-refractivity contribution in [2.45, 2.75) is 82.6 Å². The molecule has 1 aromatic rings. The standard InChI is InChI=1S/C22H31N3O4/c1-2-3-4-5-6-7-11-14-18(26)24-21-15-19(27)25(21)22(21,29)20(28)23-16-17-12-9-8-10-13-17/h8-10,12-13,29H,2-7,11,14-16H2,1H3,(H,23,28)(H,24,26)/t21-,22?,25?/m1/s1. The summed E-state index contributed by atoms with van der Waals surface area (Å²) in [6.45, 7) is 2.42. The van der Waals surface area contributed by atoms with Crippen LogP contribution in [0.3, 0.4) is 0 Å². The summed E-state index contributed by atoms with van der Waals surface area (Å²) in [5, 5.41) is 16.2. The highest BCUT2D eigenvalue weighted by Crippen LogP contribution is 2.58. The van der Waals surface area contributed by atoms with Gasteiger partial charge in [0.2, 0.25) is 11.8 Å². The fourth-order valence-corrected chi connectivity index (χ4v) is 4.11. The van der Waals surface area contributed by atoms with Gasteiger partial charge in [0, 0.05) is 13.0 Å². The highest BCUT2D eigenvalue weighted by molar-refractivity contribution is 6.06. The Labute approximate surface area is 171 Å². The lowest BCUT2D eigenvalue weighted by Gasteiger charge is -2.24. The maximum Gasteiger partial charge on any atom is 0.278 e. The Morgan fingerprint density at radius 3 is 2.38 bits per heavy atom. The Morgan fingerprint density at radius 1 is 1.07 bits per heavy atom. The van der Waals surface area contributed by atoms with Crippen molar-refractivity contribution in [1.82, 2.24) is 15.5 Å². The molecule has 3 amide bonds. The van der Waals surface area contributed by atoms with Gasteiger partial charge in [-0.2, -0.15) is 0 Å². The molecule has 0 aliphatic carbocycles. The summed E-state index contributed by atoms with van der Waals surface area (Å²) < 4.78 is 0. The summed E-state index contributed by atoms with van der Waals surface area (Å²) in [6.07, 6.45) is 8.00. The summed E-state index contributed by atoms with van der Waals surface area (Å²) in [6, 6.07) is 9.30. The van der Waals surface area contributed by atoms with Crippen LogP contribution in [-0.2, 0) is 20.9 Å². The van der Waals surface area contributed by atoms with Crippen molar-refractivity contribution >= 4 is 17.7 Å². The Bertz CT molecular complexity index is 754. The van der Waals surface area contributed by atoms with Gasteiger partial charge in [0.05, 0.1) is 6.42 Å². The summed E-state index contributed by atoms with van der Waals surface area (Å²) in [5.41, 5.74) is -2.38. The van der Waals surface area contributed by atoms with Crippen molar-refractivity contribution in [3.8, 4) is 0 Å². The highest BCUT2D eigenvalue weighted by Gasteiger charge is 2.89. The zero-order valence-corrected chi connectivity index (χ0v) is 17.1. The van der Waals surface area contributed by atoms with E-state index >= 15 is 0 Å². The van der Waals surface area contributed by atoms with Gasteiger partial charge in [0.25, 0.3) is 11.6 Å². The molecule has 3 N–H and O–H groups in total. The first kappa shape index (κ1) is 21.3. The van der Waals surface area contributed by atoms with Gasteiger partial charge in [0.15, 0.2) is 5.66 Å². The van der Waals surface area contributed by atoms with Crippen molar-refractivity contribution in [1.29, 1.82) is 0 Å². The third-order valence-corrected chi connectivity index (χ3v) is 5.85. The zero-order valence-electron chi connectivity index (χ0n) is 17.1. The molecular formula is C22H31N3O4. The van der Waals surface area contributed by atoms with E-state index in [4.69, 9.17) is 0 Å². The lowest BCUT2D eigenvalue weighted by atomic mass is 10.0. The van der Waals surface area contributed by atoms with E-state index in [1.807, 2.05) is 30.3 Å². The molecule has 0 spiro atoms. The topological polar surface area (TPSA) is 98.5 Å². The third kappa shape index (κ3) is 4.15. The Kier molecular flexibility index (Phi) is 6.57. The molecule has 1 unspecified atom stereocenters. The predicted molar refractivity (Wildman–Crippen MR) is 108 cm³/mol. The van der Waals surface area contributed by atoms with Gasteiger partial charge in [-0.25, -0.2) is 0 Å². The van der Waals surface area contributed by atoms with Crippen LogP contribution in [0.2, 0.25) is 0 Å². The smallest absolute Gasteiger partial charge is 0.278 e. The molecule has 7 heteroatoms. The number of aliphatic hydroxyl groups is 1. The Morgan fingerprint density at radius 2 is 1.72 bits per heavy atom. The van der Waals surface area contributed by atoms with Gasteiger partial charge in [-0.3, -0.25) is 19.3 Å². The number of nitrogens with zero attached hydrogens (tertiary/aromatic N) is 1. The number of amides is 3. The van der Waals surface area contributed by atoms with Gasteiger partial charge in [0.1, 0.15) is 0 Å². The van der Waals surface area contributed by atoms with Crippen LogP contribution < -0.4 is 10.6 Å². The van der Waals surface area contributed by atoms with E-state index < -0.39 is 17.3 Å². The van der Waals surface area contributed by atoms with Crippen molar-refractivity contribution < 1.29 is 19.5 Å². The second-order valence-electron chi connectivity index (χ2n) is 8.03. The lowest BCUT2D eigenvalue weighted by Crippen LogP contribution is -2.54. The molecule has 2 atom stereocenters. The fourth-order valence-electron chi connectivity index (χ4n) is 4.11. The van der Waals surface area contributed by atoms with E-state index in [2.05, 4.69) is 17.6 Å². The summed E-state index contributed by atoms with van der Waals surface area (Å²) in [5.74, 6) is -1.23. The van der Waals surface area contributed by atoms with Crippen LogP contribution in [-0.4, -0.2) is 39.1 Å². The first-order valence-corrected chi connectivity index (χ1v) is 10.6. The van der Waals surface area contributed by atoms with E-state index in [9.17, 15) is 19.5 Å². The largest absolute Gasteiger partial charge is 0.360 e. The molecule has 2 saturated heterocycles. The van der Waals surface area contributed by atoms with Gasteiger partial charge >= 0.3 is 0 Å². The van der Waals surface area contributed by atoms with Gasteiger partial charge in [-0.05, 0) is 12.0 Å². The first-order chi connectivity index (χ1) is 14.0. The summed E-state index contributed by atoms with van der Waals surface area (Å²) in [4.78, 5) is 37.8. The number of β-lactam (4-membered cyclic amide) rings is 1. The van der Waals surface area contributed by atoms with Crippen LogP contribution in [0.1, 0.15) is 70.3 Å². The molecule has 7 nitrogen and oxygen atoms in total. The molecule has 3 rings (SSSR count). The van der Waals surface area contributed by atoms with E-state index in [-0.39, 0.29) is 24.8 Å². The van der Waals surface area contributed by atoms with Crippen LogP contribution in [0.15, 0.2) is 30.3 Å². The molecule has 1 aromatic carbocycles. The molecule has 158 valence electrons. The number of rotatable bonds is 12. The zero-order chi connectivity index (χ0) is 20.9. The molecule has 2 aliphatic rings. The average Bonchev–Trinajstić information content (AvgIpc) is 3.15. The minimum absolute atomic E-state index is 0.0506. The number of benzene rings is 1. The molecule has 0 bridgehead atoms. The third-order valence-electron chi connectivity index (χ3n) is 5.85. The molecule has 2 heterocycles. The number of nitrogens with one attached hydrogen (secondary N) is 2. The number of hydrogen-bond donors (Lipinski definition) is 3. The van der Waals surface area contributed by atoms with Crippen molar-refractivity contribution in [2.75, 3.05) is 0 Å². The van der Waals surface area contributed by atoms with E-state index in [1.165, 1.54) is 25.7 Å². The number of carbonyl (C=O) groups excluding carboxylic acids is 3. The Hall–Kier alpha value is -2.41. The molecule has 29 heavy (non-hydrogen) atoms. The molecule has 2 aliphatic heterocycles. The van der Waals surface area contributed by atoms with Crippen LogP contribution in [0.4, 0.5) is 0 Å². The second-order valence-corrected chi connectivity index (χ2v) is 8.03. The molecule has 0 saturated carbocycles. The number of carbonyl (C=O) groups is 3. The SMILES string of the molecule is CCCCCCCCCC(=O)N[C@]12CC(=O)N1C2(O)C(=O)NCc1ccccc1. The van der Waals surface area contributed by atoms with Crippen LogP contribution in [0.5, 0.6) is 0 Å². The minimum Gasteiger partial charge on any atom is -0.360 e. The normalized spacial score (nSPS) is 24.5. The Balaban J connectivity index is 1.45.